The standard InChI is InChI=1S/C14H10Br2O4/c15-5-1-6-18-14-12-9(4-7-19-12)11(16)8-2-3-10(17)20-13(8)14/h2-4,7H,1,5-6H2. The largest absolute Gasteiger partial charge is 0.486 e. The molecule has 0 aliphatic rings. The highest BCUT2D eigenvalue weighted by Gasteiger charge is 2.18. The number of halogens is 2. The van der Waals surface area contributed by atoms with E-state index in [0.717, 1.165) is 27.0 Å². The number of ether oxygens (including phenoxy) is 1. The third-order valence-electron chi connectivity index (χ3n) is 2.91. The molecule has 2 heterocycles. The molecule has 0 aliphatic carbocycles. The van der Waals surface area contributed by atoms with Crippen LogP contribution in [0.3, 0.4) is 0 Å². The topological polar surface area (TPSA) is 52.6 Å². The molecule has 0 N–H and O–H groups in total. The van der Waals surface area contributed by atoms with Gasteiger partial charge in [-0.25, -0.2) is 4.79 Å². The van der Waals surface area contributed by atoms with Crippen molar-refractivity contribution in [1.82, 2.24) is 0 Å². The number of rotatable bonds is 4. The van der Waals surface area contributed by atoms with Crippen LogP contribution >= 0.6 is 31.9 Å². The quantitative estimate of drug-likeness (QED) is 0.367. The summed E-state index contributed by atoms with van der Waals surface area (Å²) in [5, 5.41) is 2.51. The molecule has 6 heteroatoms. The summed E-state index contributed by atoms with van der Waals surface area (Å²) in [6.45, 7) is 0.510. The predicted molar refractivity (Wildman–Crippen MR) is 83.9 cm³/mol. The van der Waals surface area contributed by atoms with Crippen molar-refractivity contribution in [1.29, 1.82) is 0 Å². The molecule has 0 amide bonds. The second-order valence-electron chi connectivity index (χ2n) is 4.19. The summed E-state index contributed by atoms with van der Waals surface area (Å²) in [4.78, 5) is 11.5. The summed E-state index contributed by atoms with van der Waals surface area (Å²) < 4.78 is 17.4. The summed E-state index contributed by atoms with van der Waals surface area (Å²) in [7, 11) is 0. The molecule has 104 valence electrons. The molecule has 0 fully saturated rings. The van der Waals surface area contributed by atoms with E-state index >= 15 is 0 Å². The first-order chi connectivity index (χ1) is 9.72. The molecular weight excluding hydrogens is 392 g/mol. The van der Waals surface area contributed by atoms with E-state index in [1.54, 1.807) is 12.3 Å². The lowest BCUT2D eigenvalue weighted by Crippen LogP contribution is -2.01. The molecule has 0 atom stereocenters. The molecule has 0 unspecified atom stereocenters. The fourth-order valence-corrected chi connectivity index (χ4v) is 2.88. The smallest absolute Gasteiger partial charge is 0.336 e. The van der Waals surface area contributed by atoms with Crippen LogP contribution in [-0.2, 0) is 0 Å². The molecule has 4 nitrogen and oxygen atoms in total. The zero-order chi connectivity index (χ0) is 14.1. The summed E-state index contributed by atoms with van der Waals surface area (Å²) in [6, 6.07) is 4.96. The molecule has 0 aliphatic heterocycles. The van der Waals surface area contributed by atoms with Crippen LogP contribution < -0.4 is 10.4 Å². The Balaban J connectivity index is 2.30. The van der Waals surface area contributed by atoms with Crippen molar-refractivity contribution in [3.63, 3.8) is 0 Å². The van der Waals surface area contributed by atoms with Crippen molar-refractivity contribution in [2.24, 2.45) is 0 Å². The van der Waals surface area contributed by atoms with Gasteiger partial charge in [0.25, 0.3) is 0 Å². The first kappa shape index (κ1) is 13.7. The molecule has 3 rings (SSSR count). The van der Waals surface area contributed by atoms with Crippen molar-refractivity contribution in [3.8, 4) is 5.75 Å². The van der Waals surface area contributed by atoms with Crippen LogP contribution in [0.1, 0.15) is 6.42 Å². The van der Waals surface area contributed by atoms with Crippen LogP contribution in [0.5, 0.6) is 5.75 Å². The van der Waals surface area contributed by atoms with Crippen LogP contribution in [0.15, 0.2) is 42.6 Å². The number of benzene rings is 1. The summed E-state index contributed by atoms with van der Waals surface area (Å²) in [6.07, 6.45) is 2.43. The molecule has 0 saturated carbocycles. The van der Waals surface area contributed by atoms with Gasteiger partial charge in [0.1, 0.15) is 0 Å². The molecule has 0 bridgehead atoms. The summed E-state index contributed by atoms with van der Waals surface area (Å²) >= 11 is 6.87. The van der Waals surface area contributed by atoms with Gasteiger partial charge in [-0.2, -0.15) is 0 Å². The Kier molecular flexibility index (Phi) is 3.85. The van der Waals surface area contributed by atoms with E-state index in [4.69, 9.17) is 13.6 Å². The average Bonchev–Trinajstić information content (AvgIpc) is 2.92. The van der Waals surface area contributed by atoms with Crippen LogP contribution in [-0.4, -0.2) is 11.9 Å². The molecule has 20 heavy (non-hydrogen) atoms. The highest BCUT2D eigenvalue weighted by atomic mass is 79.9. The maximum absolute atomic E-state index is 11.5. The Labute approximate surface area is 130 Å². The van der Waals surface area contributed by atoms with Crippen LogP contribution in [0, 0.1) is 0 Å². The SMILES string of the molecule is O=c1ccc2c(Br)c3ccoc3c(OCCCBr)c2o1. The lowest BCUT2D eigenvalue weighted by molar-refractivity contribution is 0.315. The maximum atomic E-state index is 11.5. The number of alkyl halides is 1. The highest BCUT2D eigenvalue weighted by molar-refractivity contribution is 9.11. The van der Waals surface area contributed by atoms with Gasteiger partial charge >= 0.3 is 5.63 Å². The Hall–Kier alpha value is -1.27. The fraction of sp³-hybridized carbons (Fsp3) is 0.214. The van der Waals surface area contributed by atoms with E-state index in [9.17, 15) is 4.79 Å². The highest BCUT2D eigenvalue weighted by Crippen LogP contribution is 2.40. The second-order valence-corrected chi connectivity index (χ2v) is 5.78. The van der Waals surface area contributed by atoms with E-state index < -0.39 is 5.63 Å². The minimum atomic E-state index is -0.416. The van der Waals surface area contributed by atoms with Crippen molar-refractivity contribution in [2.45, 2.75) is 6.42 Å². The van der Waals surface area contributed by atoms with E-state index in [1.165, 1.54) is 6.07 Å². The lowest BCUT2D eigenvalue weighted by Gasteiger charge is -2.09. The Bertz CT molecular complexity index is 819. The van der Waals surface area contributed by atoms with E-state index in [0.29, 0.717) is 23.5 Å². The zero-order valence-corrected chi connectivity index (χ0v) is 13.5. The van der Waals surface area contributed by atoms with Crippen molar-refractivity contribution >= 4 is 53.8 Å². The van der Waals surface area contributed by atoms with Crippen LogP contribution in [0.25, 0.3) is 21.9 Å². The van der Waals surface area contributed by atoms with E-state index in [1.807, 2.05) is 6.07 Å². The van der Waals surface area contributed by atoms with Crippen LogP contribution in [0.4, 0.5) is 0 Å². The third-order valence-corrected chi connectivity index (χ3v) is 4.32. The Morgan fingerprint density at radius 2 is 1.95 bits per heavy atom. The minimum absolute atomic E-state index is 0.404. The van der Waals surface area contributed by atoms with Gasteiger partial charge in [-0.3, -0.25) is 0 Å². The van der Waals surface area contributed by atoms with Gasteiger partial charge in [0, 0.05) is 26.6 Å². The van der Waals surface area contributed by atoms with Gasteiger partial charge in [-0.1, -0.05) is 15.9 Å². The molecule has 0 saturated heterocycles. The van der Waals surface area contributed by atoms with Gasteiger partial charge in [0.15, 0.2) is 11.2 Å². The lowest BCUT2D eigenvalue weighted by atomic mass is 10.1. The summed E-state index contributed by atoms with van der Waals surface area (Å²) in [5.41, 5.74) is 0.565. The minimum Gasteiger partial charge on any atom is -0.486 e. The van der Waals surface area contributed by atoms with Crippen molar-refractivity contribution < 1.29 is 13.6 Å². The number of furan rings is 1. The number of fused-ring (bicyclic) bond motifs is 2. The molecule has 2 aromatic heterocycles. The van der Waals surface area contributed by atoms with Gasteiger partial charge in [-0.15, -0.1) is 0 Å². The van der Waals surface area contributed by atoms with Gasteiger partial charge < -0.3 is 13.6 Å². The Morgan fingerprint density at radius 1 is 1.15 bits per heavy atom. The first-order valence-corrected chi connectivity index (χ1v) is 7.95. The average molecular weight is 402 g/mol. The summed E-state index contributed by atoms with van der Waals surface area (Å²) in [5.74, 6) is 0.474. The molecule has 0 spiro atoms. The Morgan fingerprint density at radius 3 is 2.75 bits per heavy atom. The molecule has 0 radical (unpaired) electrons. The van der Waals surface area contributed by atoms with E-state index in [2.05, 4.69) is 31.9 Å². The number of hydrogen-bond donors (Lipinski definition) is 0. The normalized spacial score (nSPS) is 11.3. The van der Waals surface area contributed by atoms with Crippen LogP contribution in [0.2, 0.25) is 0 Å². The molecular formula is C14H10Br2O4. The number of hydrogen-bond acceptors (Lipinski definition) is 4. The maximum Gasteiger partial charge on any atom is 0.336 e. The van der Waals surface area contributed by atoms with Crippen molar-refractivity contribution in [2.75, 3.05) is 11.9 Å². The molecule has 3 aromatic rings. The van der Waals surface area contributed by atoms with E-state index in [-0.39, 0.29) is 0 Å². The van der Waals surface area contributed by atoms with Gasteiger partial charge in [0.2, 0.25) is 5.75 Å². The monoisotopic (exact) mass is 400 g/mol. The molecule has 1 aromatic carbocycles. The predicted octanol–water partition coefficient (Wildman–Crippen LogP) is 4.47. The first-order valence-electron chi connectivity index (χ1n) is 6.03. The third kappa shape index (κ3) is 2.27. The van der Waals surface area contributed by atoms with Gasteiger partial charge in [0.05, 0.1) is 12.9 Å². The zero-order valence-electron chi connectivity index (χ0n) is 10.3. The fourth-order valence-electron chi connectivity index (χ4n) is 2.02. The van der Waals surface area contributed by atoms with Gasteiger partial charge in [-0.05, 0) is 34.5 Å². The van der Waals surface area contributed by atoms with Crippen molar-refractivity contribution in [3.05, 3.63) is 39.4 Å². The second kappa shape index (κ2) is 5.61.